The van der Waals surface area contributed by atoms with E-state index in [0.717, 1.165) is 19.1 Å². The van der Waals surface area contributed by atoms with Crippen LogP contribution < -0.4 is 0 Å². The Balaban J connectivity index is 1.83. The maximum Gasteiger partial charge on any atom is 0.0698 e. The summed E-state index contributed by atoms with van der Waals surface area (Å²) in [4.78, 5) is 2.30. The van der Waals surface area contributed by atoms with Crippen LogP contribution in [0.4, 0.5) is 0 Å². The van der Waals surface area contributed by atoms with Gasteiger partial charge in [0.25, 0.3) is 0 Å². The fourth-order valence-corrected chi connectivity index (χ4v) is 1.22. The molecule has 3 nitrogen and oxygen atoms in total. The van der Waals surface area contributed by atoms with Gasteiger partial charge in [-0.1, -0.05) is 0 Å². The molecule has 1 N–H and O–H groups in total. The molecule has 0 amide bonds. The highest BCUT2D eigenvalue weighted by atomic mass is 16.5. The fraction of sp³-hybridized carbons (Fsp3) is 1.00. The molecule has 0 aromatic rings. The molecule has 0 aromatic heterocycles. The van der Waals surface area contributed by atoms with Crippen LogP contribution in [0.15, 0.2) is 0 Å². The van der Waals surface area contributed by atoms with Crippen molar-refractivity contribution < 1.29 is 9.84 Å². The molecule has 0 aromatic carbocycles. The van der Waals surface area contributed by atoms with Gasteiger partial charge in [0.1, 0.15) is 0 Å². The van der Waals surface area contributed by atoms with Crippen molar-refractivity contribution in [1.29, 1.82) is 0 Å². The molecule has 3 heteroatoms. The lowest BCUT2D eigenvalue weighted by molar-refractivity contribution is 0.0777. The highest BCUT2D eigenvalue weighted by Gasteiger charge is 2.22. The Bertz CT molecular complexity index is 115. The number of aliphatic hydroxyl groups is 1. The van der Waals surface area contributed by atoms with E-state index in [4.69, 9.17) is 9.84 Å². The number of rotatable bonds is 7. The van der Waals surface area contributed by atoms with Crippen LogP contribution in [0, 0.1) is 5.92 Å². The summed E-state index contributed by atoms with van der Waals surface area (Å²) >= 11 is 0. The summed E-state index contributed by atoms with van der Waals surface area (Å²) in [7, 11) is 2.13. The molecule has 0 unspecified atom stereocenters. The van der Waals surface area contributed by atoms with Crippen molar-refractivity contribution in [2.45, 2.75) is 12.8 Å². The van der Waals surface area contributed by atoms with Gasteiger partial charge < -0.3 is 14.7 Å². The van der Waals surface area contributed by atoms with Gasteiger partial charge >= 0.3 is 0 Å². The standard InChI is InChI=1S/C9H19NO2/c1-10(8-9-2-3-9)4-6-12-7-5-11/h9,11H,2-8H2,1H3. The molecule has 0 heterocycles. The van der Waals surface area contributed by atoms with E-state index in [1.807, 2.05) is 0 Å². The van der Waals surface area contributed by atoms with Gasteiger partial charge in [-0.2, -0.15) is 0 Å². The number of ether oxygens (including phenoxy) is 1. The largest absolute Gasteiger partial charge is 0.394 e. The average molecular weight is 173 g/mol. The van der Waals surface area contributed by atoms with Crippen LogP contribution in [0.2, 0.25) is 0 Å². The summed E-state index contributed by atoms with van der Waals surface area (Å²) in [5, 5.41) is 8.45. The molecule has 1 aliphatic carbocycles. The van der Waals surface area contributed by atoms with Crippen molar-refractivity contribution >= 4 is 0 Å². The summed E-state index contributed by atoms with van der Waals surface area (Å²) in [6.07, 6.45) is 2.81. The number of hydrogen-bond donors (Lipinski definition) is 1. The number of aliphatic hydroxyl groups excluding tert-OH is 1. The third kappa shape index (κ3) is 4.70. The van der Waals surface area contributed by atoms with E-state index in [9.17, 15) is 0 Å². The maximum atomic E-state index is 8.45. The summed E-state index contributed by atoms with van der Waals surface area (Å²) < 4.78 is 5.16. The number of hydrogen-bond acceptors (Lipinski definition) is 3. The molecule has 0 aliphatic heterocycles. The maximum absolute atomic E-state index is 8.45. The summed E-state index contributed by atoms with van der Waals surface area (Å²) in [6.45, 7) is 3.53. The van der Waals surface area contributed by atoms with E-state index in [0.29, 0.717) is 6.61 Å². The van der Waals surface area contributed by atoms with Gasteiger partial charge in [-0.25, -0.2) is 0 Å². The van der Waals surface area contributed by atoms with E-state index >= 15 is 0 Å². The van der Waals surface area contributed by atoms with E-state index in [1.165, 1.54) is 19.4 Å². The summed E-state index contributed by atoms with van der Waals surface area (Å²) in [5.41, 5.74) is 0. The predicted molar refractivity (Wildman–Crippen MR) is 48.1 cm³/mol. The van der Waals surface area contributed by atoms with Crippen molar-refractivity contribution in [2.75, 3.05) is 40.0 Å². The zero-order chi connectivity index (χ0) is 8.81. The van der Waals surface area contributed by atoms with E-state index in [1.54, 1.807) is 0 Å². The quantitative estimate of drug-likeness (QED) is 0.563. The second-order valence-electron chi connectivity index (χ2n) is 3.54. The zero-order valence-electron chi connectivity index (χ0n) is 7.83. The van der Waals surface area contributed by atoms with Gasteiger partial charge in [0.15, 0.2) is 0 Å². The minimum absolute atomic E-state index is 0.131. The molecule has 1 aliphatic rings. The first-order valence-electron chi connectivity index (χ1n) is 4.70. The van der Waals surface area contributed by atoms with Crippen LogP contribution in [-0.2, 0) is 4.74 Å². The number of nitrogens with zero attached hydrogens (tertiary/aromatic N) is 1. The van der Waals surface area contributed by atoms with E-state index < -0.39 is 0 Å². The Morgan fingerprint density at radius 3 is 2.75 bits per heavy atom. The van der Waals surface area contributed by atoms with Crippen molar-refractivity contribution in [1.82, 2.24) is 4.90 Å². The first-order chi connectivity index (χ1) is 5.83. The first-order valence-corrected chi connectivity index (χ1v) is 4.70. The minimum Gasteiger partial charge on any atom is -0.394 e. The van der Waals surface area contributed by atoms with Crippen LogP contribution >= 0.6 is 0 Å². The van der Waals surface area contributed by atoms with Crippen LogP contribution in [0.25, 0.3) is 0 Å². The third-order valence-electron chi connectivity index (χ3n) is 2.12. The lowest BCUT2D eigenvalue weighted by Gasteiger charge is -2.15. The normalized spacial score (nSPS) is 17.2. The van der Waals surface area contributed by atoms with Crippen molar-refractivity contribution in [3.05, 3.63) is 0 Å². The van der Waals surface area contributed by atoms with Gasteiger partial charge in [0.2, 0.25) is 0 Å². The van der Waals surface area contributed by atoms with Gasteiger partial charge in [-0.15, -0.1) is 0 Å². The van der Waals surface area contributed by atoms with Crippen LogP contribution in [0.3, 0.4) is 0 Å². The predicted octanol–water partition coefficient (Wildman–Crippen LogP) is 0.337. The molecule has 0 radical (unpaired) electrons. The molecular weight excluding hydrogens is 154 g/mol. The summed E-state index contributed by atoms with van der Waals surface area (Å²) in [6, 6.07) is 0. The molecule has 1 rings (SSSR count). The van der Waals surface area contributed by atoms with Gasteiger partial charge in [-0.3, -0.25) is 0 Å². The number of likely N-dealkylation sites (N-methyl/N-ethyl adjacent to an activating group) is 1. The fourth-order valence-electron chi connectivity index (χ4n) is 1.22. The molecule has 0 saturated heterocycles. The molecule has 0 bridgehead atoms. The monoisotopic (exact) mass is 173 g/mol. The third-order valence-corrected chi connectivity index (χ3v) is 2.12. The topological polar surface area (TPSA) is 32.7 Å². The Kier molecular flexibility index (Phi) is 4.58. The molecule has 0 atom stereocenters. The SMILES string of the molecule is CN(CCOCCO)CC1CC1. The van der Waals surface area contributed by atoms with Crippen LogP contribution in [0.1, 0.15) is 12.8 Å². The van der Waals surface area contributed by atoms with Crippen molar-refractivity contribution in [3.63, 3.8) is 0 Å². The Morgan fingerprint density at radius 1 is 1.42 bits per heavy atom. The van der Waals surface area contributed by atoms with Crippen LogP contribution in [0.5, 0.6) is 0 Å². The average Bonchev–Trinajstić information content (AvgIpc) is 2.82. The smallest absolute Gasteiger partial charge is 0.0698 e. The summed E-state index contributed by atoms with van der Waals surface area (Å²) in [5.74, 6) is 0.952. The van der Waals surface area contributed by atoms with E-state index in [-0.39, 0.29) is 6.61 Å². The Hall–Kier alpha value is -0.120. The molecule has 1 fully saturated rings. The van der Waals surface area contributed by atoms with Crippen molar-refractivity contribution in [3.8, 4) is 0 Å². The van der Waals surface area contributed by atoms with Crippen LogP contribution in [-0.4, -0.2) is 50.0 Å². The van der Waals surface area contributed by atoms with Gasteiger partial charge in [0.05, 0.1) is 19.8 Å². The molecule has 12 heavy (non-hydrogen) atoms. The van der Waals surface area contributed by atoms with Gasteiger partial charge in [0, 0.05) is 13.1 Å². The highest BCUT2D eigenvalue weighted by molar-refractivity contribution is 4.75. The highest BCUT2D eigenvalue weighted by Crippen LogP contribution is 2.29. The zero-order valence-corrected chi connectivity index (χ0v) is 7.83. The minimum atomic E-state index is 0.131. The Morgan fingerprint density at radius 2 is 2.17 bits per heavy atom. The Labute approximate surface area is 74.3 Å². The lowest BCUT2D eigenvalue weighted by atomic mass is 10.4. The molecule has 72 valence electrons. The van der Waals surface area contributed by atoms with E-state index in [2.05, 4.69) is 11.9 Å². The molecular formula is C9H19NO2. The second kappa shape index (κ2) is 5.51. The van der Waals surface area contributed by atoms with Gasteiger partial charge in [-0.05, 0) is 25.8 Å². The first kappa shape index (κ1) is 9.96. The second-order valence-corrected chi connectivity index (χ2v) is 3.54. The lowest BCUT2D eigenvalue weighted by Crippen LogP contribution is -2.25. The molecule has 0 spiro atoms. The molecule has 1 saturated carbocycles. The van der Waals surface area contributed by atoms with Crippen molar-refractivity contribution in [2.24, 2.45) is 5.92 Å².